The number of carbonyl (C=O) groups excluding carboxylic acids is 1. The molecular formula is C24H34O6. The highest BCUT2D eigenvalue weighted by molar-refractivity contribution is 5.65. The van der Waals surface area contributed by atoms with Crippen LogP contribution in [0.2, 0.25) is 0 Å². The zero-order valence-corrected chi connectivity index (χ0v) is 18.3. The van der Waals surface area contributed by atoms with Crippen LogP contribution < -0.4 is 0 Å². The molecule has 0 unspecified atom stereocenters. The van der Waals surface area contributed by atoms with Crippen molar-refractivity contribution in [2.24, 2.45) is 28.6 Å². The van der Waals surface area contributed by atoms with Crippen LogP contribution >= 0.6 is 0 Å². The Labute approximate surface area is 177 Å². The molecule has 6 nitrogen and oxygen atoms in total. The van der Waals surface area contributed by atoms with Crippen LogP contribution in [0.5, 0.6) is 0 Å². The summed E-state index contributed by atoms with van der Waals surface area (Å²) in [5.41, 5.74) is -0.806. The fourth-order valence-electron chi connectivity index (χ4n) is 8.33. The lowest BCUT2D eigenvalue weighted by Crippen LogP contribution is -2.64. The molecule has 0 amide bonds. The Morgan fingerprint density at radius 3 is 2.67 bits per heavy atom. The van der Waals surface area contributed by atoms with Crippen LogP contribution in [0.15, 0.2) is 23.8 Å². The fourth-order valence-corrected chi connectivity index (χ4v) is 8.33. The van der Waals surface area contributed by atoms with Crippen molar-refractivity contribution in [2.75, 3.05) is 6.61 Å². The highest BCUT2D eigenvalue weighted by Crippen LogP contribution is 2.78. The third-order valence-electron chi connectivity index (χ3n) is 9.54. The number of epoxide rings is 1. The number of aliphatic hydroxyl groups excluding tert-OH is 3. The Balaban J connectivity index is 1.53. The number of ether oxygens (including phenoxy) is 2. The smallest absolute Gasteiger partial charge is 0.302 e. The Morgan fingerprint density at radius 2 is 1.97 bits per heavy atom. The molecule has 3 saturated carbocycles. The van der Waals surface area contributed by atoms with Gasteiger partial charge in [0.25, 0.3) is 0 Å². The van der Waals surface area contributed by atoms with Crippen LogP contribution in [0.3, 0.4) is 0 Å². The number of hydrogen-bond acceptors (Lipinski definition) is 6. The van der Waals surface area contributed by atoms with Gasteiger partial charge < -0.3 is 24.8 Å². The van der Waals surface area contributed by atoms with Crippen molar-refractivity contribution in [3.05, 3.63) is 23.8 Å². The zero-order valence-electron chi connectivity index (χ0n) is 18.3. The van der Waals surface area contributed by atoms with E-state index < -0.39 is 29.3 Å². The minimum atomic E-state index is -0.918. The lowest BCUT2D eigenvalue weighted by molar-refractivity contribution is -0.192. The second-order valence-corrected chi connectivity index (χ2v) is 10.9. The first-order valence-electron chi connectivity index (χ1n) is 11.3. The first-order valence-corrected chi connectivity index (χ1v) is 11.3. The Bertz CT molecular complexity index is 836. The molecule has 4 aliphatic carbocycles. The van der Waals surface area contributed by atoms with E-state index in [-0.39, 0.29) is 41.3 Å². The molecule has 4 fully saturated rings. The third kappa shape index (κ3) is 2.31. The van der Waals surface area contributed by atoms with E-state index in [9.17, 15) is 20.1 Å². The largest absolute Gasteiger partial charge is 0.466 e. The summed E-state index contributed by atoms with van der Waals surface area (Å²) in [6, 6.07) is 0. The molecule has 3 N–H and O–H groups in total. The topological polar surface area (TPSA) is 99.5 Å². The molecule has 6 heteroatoms. The minimum absolute atomic E-state index is 0.111. The summed E-state index contributed by atoms with van der Waals surface area (Å²) in [5.74, 6) is -0.569. The molecular weight excluding hydrogens is 384 g/mol. The standard InChI is InChI=1S/C24H34O6/c1-13(25)29-10-9-24-22(3)12-16(26)18-17(15(22)11-23(24,4)30-24)20(28)19(27)14-7-5-6-8-21(14,18)2/h6-8,15-20,26-28H,5,9-12H2,1-4H3/t15-,16-,17-,18-,19-,20+,21-,22-,23+,24-/m0/s1. The lowest BCUT2D eigenvalue weighted by atomic mass is 9.45. The summed E-state index contributed by atoms with van der Waals surface area (Å²) in [5, 5.41) is 33.8. The van der Waals surface area contributed by atoms with Crippen molar-refractivity contribution in [1.82, 2.24) is 0 Å². The molecule has 166 valence electrons. The fraction of sp³-hybridized carbons (Fsp3) is 0.792. The van der Waals surface area contributed by atoms with Gasteiger partial charge in [-0.25, -0.2) is 0 Å². The van der Waals surface area contributed by atoms with Crippen LogP contribution in [0.4, 0.5) is 0 Å². The van der Waals surface area contributed by atoms with Crippen molar-refractivity contribution in [2.45, 2.75) is 82.9 Å². The molecule has 5 aliphatic rings. The van der Waals surface area contributed by atoms with Gasteiger partial charge in [-0.3, -0.25) is 4.79 Å². The molecule has 5 rings (SSSR count). The van der Waals surface area contributed by atoms with Gasteiger partial charge in [0.2, 0.25) is 0 Å². The number of carbonyl (C=O) groups is 1. The molecule has 1 saturated heterocycles. The Kier molecular flexibility index (Phi) is 4.26. The van der Waals surface area contributed by atoms with Gasteiger partial charge >= 0.3 is 5.97 Å². The molecule has 0 bridgehead atoms. The van der Waals surface area contributed by atoms with Gasteiger partial charge in [-0.15, -0.1) is 0 Å². The summed E-state index contributed by atoms with van der Waals surface area (Å²) in [6.07, 6.45) is 6.48. The third-order valence-corrected chi connectivity index (χ3v) is 9.54. The quantitative estimate of drug-likeness (QED) is 0.369. The van der Waals surface area contributed by atoms with Gasteiger partial charge in [0, 0.05) is 30.1 Å². The van der Waals surface area contributed by atoms with E-state index >= 15 is 0 Å². The molecule has 10 atom stereocenters. The zero-order chi connectivity index (χ0) is 21.7. The number of aliphatic hydroxyl groups is 3. The van der Waals surface area contributed by atoms with Crippen LogP contribution in [0.25, 0.3) is 0 Å². The summed E-state index contributed by atoms with van der Waals surface area (Å²) in [4.78, 5) is 11.3. The summed E-state index contributed by atoms with van der Waals surface area (Å²) < 4.78 is 11.6. The van der Waals surface area contributed by atoms with Gasteiger partial charge in [0.1, 0.15) is 11.7 Å². The van der Waals surface area contributed by atoms with Gasteiger partial charge in [0.15, 0.2) is 0 Å². The number of allylic oxidation sites excluding steroid dienone is 3. The van der Waals surface area contributed by atoms with E-state index in [0.717, 1.165) is 18.4 Å². The van der Waals surface area contributed by atoms with Crippen LogP contribution in [-0.2, 0) is 14.3 Å². The highest BCUT2D eigenvalue weighted by Gasteiger charge is 2.84. The SMILES string of the molecule is CC(=O)OCC[C@@]12O[C@]1(C)C[C@H]1[C@@H]3[C@@H](O)[C@@H](O)C4=CCC=C[C@]4(C)[C@H]3[C@@H](O)C[C@@]12C. The van der Waals surface area contributed by atoms with Crippen molar-refractivity contribution in [1.29, 1.82) is 0 Å². The van der Waals surface area contributed by atoms with Gasteiger partial charge in [0.05, 0.1) is 24.4 Å². The summed E-state index contributed by atoms with van der Waals surface area (Å²) >= 11 is 0. The maximum Gasteiger partial charge on any atom is 0.302 e. The predicted molar refractivity (Wildman–Crippen MR) is 109 cm³/mol. The number of rotatable bonds is 3. The number of fused-ring (bicyclic) bond motifs is 7. The van der Waals surface area contributed by atoms with E-state index in [1.165, 1.54) is 6.92 Å². The Morgan fingerprint density at radius 1 is 1.23 bits per heavy atom. The van der Waals surface area contributed by atoms with Crippen LogP contribution in [0.1, 0.15) is 53.4 Å². The predicted octanol–water partition coefficient (Wildman–Crippen LogP) is 2.12. The van der Waals surface area contributed by atoms with E-state index in [0.29, 0.717) is 12.8 Å². The molecule has 0 aromatic heterocycles. The molecule has 0 aromatic carbocycles. The van der Waals surface area contributed by atoms with Gasteiger partial charge in [-0.2, -0.15) is 0 Å². The van der Waals surface area contributed by atoms with Crippen molar-refractivity contribution in [3.8, 4) is 0 Å². The average Bonchev–Trinajstić information content (AvgIpc) is 3.21. The van der Waals surface area contributed by atoms with Crippen LogP contribution in [0, 0.1) is 28.6 Å². The molecule has 1 aliphatic heterocycles. The van der Waals surface area contributed by atoms with E-state index in [1.807, 2.05) is 6.08 Å². The maximum absolute atomic E-state index is 11.5. The molecule has 0 spiro atoms. The van der Waals surface area contributed by atoms with E-state index in [4.69, 9.17) is 9.47 Å². The average molecular weight is 419 g/mol. The maximum atomic E-state index is 11.5. The highest BCUT2D eigenvalue weighted by atomic mass is 16.6. The van der Waals surface area contributed by atoms with Crippen molar-refractivity contribution < 1.29 is 29.6 Å². The number of hydrogen-bond donors (Lipinski definition) is 3. The summed E-state index contributed by atoms with van der Waals surface area (Å²) in [6.45, 7) is 8.05. The first-order chi connectivity index (χ1) is 14.0. The second kappa shape index (κ2) is 6.18. The van der Waals surface area contributed by atoms with E-state index in [2.05, 4.69) is 32.9 Å². The molecule has 30 heavy (non-hydrogen) atoms. The van der Waals surface area contributed by atoms with Crippen molar-refractivity contribution in [3.63, 3.8) is 0 Å². The summed E-state index contributed by atoms with van der Waals surface area (Å²) in [7, 11) is 0. The normalized spacial score (nSPS) is 55.6. The second-order valence-electron chi connectivity index (χ2n) is 10.9. The molecule has 0 radical (unpaired) electrons. The van der Waals surface area contributed by atoms with E-state index in [1.54, 1.807) is 0 Å². The van der Waals surface area contributed by atoms with Crippen LogP contribution in [-0.4, -0.2) is 57.4 Å². The minimum Gasteiger partial charge on any atom is -0.466 e. The monoisotopic (exact) mass is 418 g/mol. The lowest BCUT2D eigenvalue weighted by Gasteiger charge is -2.61. The molecule has 0 aromatic rings. The van der Waals surface area contributed by atoms with Gasteiger partial charge in [-0.05, 0) is 43.6 Å². The molecule has 1 heterocycles. The number of esters is 1. The van der Waals surface area contributed by atoms with Gasteiger partial charge in [-0.1, -0.05) is 32.1 Å². The Hall–Kier alpha value is -1.21. The first kappa shape index (κ1) is 20.7. The van der Waals surface area contributed by atoms with Crippen molar-refractivity contribution >= 4 is 5.97 Å².